The van der Waals surface area contributed by atoms with Crippen LogP contribution < -0.4 is 14.9 Å². The Morgan fingerprint density at radius 2 is 2.14 bits per heavy atom. The van der Waals surface area contributed by atoms with Crippen molar-refractivity contribution in [1.82, 2.24) is 4.57 Å². The van der Waals surface area contributed by atoms with E-state index in [1.54, 1.807) is 56.3 Å². The lowest BCUT2D eigenvalue weighted by molar-refractivity contribution is -0.138. The van der Waals surface area contributed by atoms with Crippen molar-refractivity contribution in [2.24, 2.45) is 4.99 Å². The van der Waals surface area contributed by atoms with Gasteiger partial charge < -0.3 is 14.3 Å². The summed E-state index contributed by atoms with van der Waals surface area (Å²) in [4.78, 5) is 30.8. The van der Waals surface area contributed by atoms with Crippen molar-refractivity contribution in [3.05, 3.63) is 79.2 Å². The highest BCUT2D eigenvalue weighted by molar-refractivity contribution is 7.07. The first-order chi connectivity index (χ1) is 14.0. The Morgan fingerprint density at radius 1 is 1.34 bits per heavy atom. The Hall–Kier alpha value is -3.39. The number of rotatable bonds is 4. The van der Waals surface area contributed by atoms with Gasteiger partial charge in [0, 0.05) is 11.3 Å². The number of carbonyl (C=O) groups is 1. The number of ether oxygens (including phenoxy) is 1. The number of fused-ring (bicyclic) bond motifs is 1. The topological polar surface area (TPSA) is 94.0 Å². The second-order valence-corrected chi connectivity index (χ2v) is 7.37. The lowest BCUT2D eigenvalue weighted by Gasteiger charge is -2.20. The molecule has 3 heterocycles. The zero-order valence-electron chi connectivity index (χ0n) is 15.8. The van der Waals surface area contributed by atoms with Gasteiger partial charge in [-0.2, -0.15) is 0 Å². The highest BCUT2D eigenvalue weighted by atomic mass is 32.1. The second-order valence-electron chi connectivity index (χ2n) is 6.36. The largest absolute Gasteiger partial charge is 0.507 e. The molecule has 0 spiro atoms. The molecule has 0 saturated heterocycles. The van der Waals surface area contributed by atoms with Gasteiger partial charge in [-0.25, -0.2) is 9.79 Å². The van der Waals surface area contributed by atoms with Crippen molar-refractivity contribution < 1.29 is 19.1 Å². The predicted molar refractivity (Wildman–Crippen MR) is 108 cm³/mol. The van der Waals surface area contributed by atoms with Gasteiger partial charge in [0.15, 0.2) is 4.80 Å². The van der Waals surface area contributed by atoms with Crippen molar-refractivity contribution in [1.29, 1.82) is 0 Å². The summed E-state index contributed by atoms with van der Waals surface area (Å²) in [6.45, 7) is 3.62. The number of aromatic hydroxyl groups is 1. The SMILES string of the molecule is CCOC(=O)C1=C(C)n2c(s/c(=C\c3ccccc3O)c2=O)=N[C@@H]1c1ccco1. The van der Waals surface area contributed by atoms with E-state index in [1.807, 2.05) is 0 Å². The van der Waals surface area contributed by atoms with Gasteiger partial charge in [0.05, 0.1) is 23.0 Å². The zero-order valence-corrected chi connectivity index (χ0v) is 16.6. The molecule has 3 aromatic rings. The monoisotopic (exact) mass is 410 g/mol. The Kier molecular flexibility index (Phi) is 4.94. The van der Waals surface area contributed by atoms with Crippen molar-refractivity contribution in [2.45, 2.75) is 19.9 Å². The van der Waals surface area contributed by atoms with E-state index in [4.69, 9.17) is 9.15 Å². The fraction of sp³-hybridized carbons (Fsp3) is 0.190. The van der Waals surface area contributed by atoms with Crippen molar-refractivity contribution in [3.8, 4) is 5.75 Å². The molecule has 0 bridgehead atoms. The number of para-hydroxylation sites is 1. The molecule has 0 amide bonds. The minimum Gasteiger partial charge on any atom is -0.507 e. The number of thiazole rings is 1. The van der Waals surface area contributed by atoms with Crippen LogP contribution in [0.5, 0.6) is 5.75 Å². The molecule has 148 valence electrons. The second kappa shape index (κ2) is 7.56. The van der Waals surface area contributed by atoms with E-state index in [0.717, 1.165) is 0 Å². The molecule has 0 unspecified atom stereocenters. The van der Waals surface area contributed by atoms with Gasteiger partial charge >= 0.3 is 5.97 Å². The number of nitrogens with zero attached hydrogens (tertiary/aromatic N) is 2. The standard InChI is InChI=1S/C21H18N2O5S/c1-3-27-20(26)17-12(2)23-19(25)16(11-13-7-4-5-8-14(13)24)29-21(23)22-18(17)15-9-6-10-28-15/h4-11,18,24H,3H2,1-2H3/b16-11-/t18-/m1/s1. The average Bonchev–Trinajstić information content (AvgIpc) is 3.32. The number of hydrogen-bond donors (Lipinski definition) is 1. The first-order valence-electron chi connectivity index (χ1n) is 9.02. The summed E-state index contributed by atoms with van der Waals surface area (Å²) in [5.74, 6) is 0.0315. The molecule has 1 atom stereocenters. The molecule has 1 aliphatic rings. The lowest BCUT2D eigenvalue weighted by Crippen LogP contribution is -2.35. The summed E-state index contributed by atoms with van der Waals surface area (Å²) in [7, 11) is 0. The van der Waals surface area contributed by atoms with Crippen LogP contribution in [0.3, 0.4) is 0 Å². The minimum atomic E-state index is -0.694. The van der Waals surface area contributed by atoms with Gasteiger partial charge in [-0.1, -0.05) is 29.5 Å². The van der Waals surface area contributed by atoms with Gasteiger partial charge in [-0.3, -0.25) is 9.36 Å². The molecule has 1 aromatic carbocycles. The number of esters is 1. The zero-order chi connectivity index (χ0) is 20.5. The molecular formula is C21H18N2O5S. The first kappa shape index (κ1) is 18.9. The quantitative estimate of drug-likeness (QED) is 0.666. The van der Waals surface area contributed by atoms with Crippen LogP contribution in [0.1, 0.15) is 31.2 Å². The van der Waals surface area contributed by atoms with Crippen LogP contribution in [0.2, 0.25) is 0 Å². The maximum atomic E-state index is 13.0. The summed E-state index contributed by atoms with van der Waals surface area (Å²) >= 11 is 1.19. The number of carbonyl (C=O) groups excluding carboxylic acids is 1. The maximum Gasteiger partial charge on any atom is 0.338 e. The van der Waals surface area contributed by atoms with Gasteiger partial charge in [0.25, 0.3) is 5.56 Å². The number of hydrogen-bond acceptors (Lipinski definition) is 7. The van der Waals surface area contributed by atoms with E-state index in [9.17, 15) is 14.7 Å². The van der Waals surface area contributed by atoms with Crippen LogP contribution in [0.4, 0.5) is 0 Å². The van der Waals surface area contributed by atoms with Crippen LogP contribution in [0, 0.1) is 0 Å². The third kappa shape index (κ3) is 3.31. The van der Waals surface area contributed by atoms with Gasteiger partial charge in [0.1, 0.15) is 17.6 Å². The first-order valence-corrected chi connectivity index (χ1v) is 9.84. The number of aromatic nitrogens is 1. The molecule has 0 fully saturated rings. The summed E-state index contributed by atoms with van der Waals surface area (Å²) in [6, 6.07) is 9.51. The number of phenols is 1. The molecule has 1 N–H and O–H groups in total. The van der Waals surface area contributed by atoms with Crippen LogP contribution in [0.15, 0.2) is 62.4 Å². The van der Waals surface area contributed by atoms with E-state index in [1.165, 1.54) is 22.2 Å². The Morgan fingerprint density at radius 3 is 2.83 bits per heavy atom. The summed E-state index contributed by atoms with van der Waals surface area (Å²) < 4.78 is 12.5. The Balaban J connectivity index is 1.96. The van der Waals surface area contributed by atoms with Crippen LogP contribution in [-0.2, 0) is 9.53 Å². The van der Waals surface area contributed by atoms with Crippen LogP contribution in [0.25, 0.3) is 11.8 Å². The third-order valence-electron chi connectivity index (χ3n) is 4.58. The average molecular weight is 410 g/mol. The molecular weight excluding hydrogens is 392 g/mol. The number of benzene rings is 1. The van der Waals surface area contributed by atoms with Gasteiger partial charge in [-0.15, -0.1) is 0 Å². The minimum absolute atomic E-state index is 0.0770. The molecule has 0 aliphatic carbocycles. The summed E-state index contributed by atoms with van der Waals surface area (Å²) in [5, 5.41) is 10.0. The molecule has 0 radical (unpaired) electrons. The Labute approximate surface area is 169 Å². The maximum absolute atomic E-state index is 13.0. The fourth-order valence-corrected chi connectivity index (χ4v) is 4.25. The molecule has 8 heteroatoms. The highest BCUT2D eigenvalue weighted by Gasteiger charge is 2.32. The van der Waals surface area contributed by atoms with E-state index in [0.29, 0.717) is 26.4 Å². The molecule has 4 rings (SSSR count). The molecule has 1 aliphatic heterocycles. The fourth-order valence-electron chi connectivity index (χ4n) is 3.22. The van der Waals surface area contributed by atoms with Crippen molar-refractivity contribution in [2.75, 3.05) is 6.61 Å². The molecule has 2 aromatic heterocycles. The summed E-state index contributed by atoms with van der Waals surface area (Å²) in [5.41, 5.74) is 0.934. The predicted octanol–water partition coefficient (Wildman–Crippen LogP) is 2.21. The molecule has 0 saturated carbocycles. The molecule has 29 heavy (non-hydrogen) atoms. The van der Waals surface area contributed by atoms with Crippen molar-refractivity contribution in [3.63, 3.8) is 0 Å². The lowest BCUT2D eigenvalue weighted by atomic mass is 10.0. The molecule has 7 nitrogen and oxygen atoms in total. The van der Waals surface area contributed by atoms with Gasteiger partial charge in [0.2, 0.25) is 0 Å². The number of furan rings is 1. The van der Waals surface area contributed by atoms with Gasteiger partial charge in [-0.05, 0) is 38.1 Å². The van der Waals surface area contributed by atoms with E-state index >= 15 is 0 Å². The number of phenolic OH excluding ortho intramolecular Hbond substituents is 1. The van der Waals surface area contributed by atoms with E-state index in [2.05, 4.69) is 4.99 Å². The van der Waals surface area contributed by atoms with E-state index in [-0.39, 0.29) is 23.5 Å². The normalized spacial score (nSPS) is 16.5. The third-order valence-corrected chi connectivity index (χ3v) is 5.56. The smallest absolute Gasteiger partial charge is 0.338 e. The van der Waals surface area contributed by atoms with E-state index < -0.39 is 12.0 Å². The highest BCUT2D eigenvalue weighted by Crippen LogP contribution is 2.32. The van der Waals surface area contributed by atoms with Crippen molar-refractivity contribution >= 4 is 29.1 Å². The van der Waals surface area contributed by atoms with Crippen LogP contribution >= 0.6 is 11.3 Å². The summed E-state index contributed by atoms with van der Waals surface area (Å²) in [6.07, 6.45) is 3.12. The van der Waals surface area contributed by atoms with Crippen LogP contribution in [-0.4, -0.2) is 22.2 Å². The Bertz CT molecular complexity index is 1280. The number of allylic oxidation sites excluding steroid dienone is 1.